The number of ether oxygens (including phenoxy) is 2. The molecule has 0 radical (unpaired) electrons. The van der Waals surface area contributed by atoms with E-state index in [1.165, 1.54) is 0 Å². The summed E-state index contributed by atoms with van der Waals surface area (Å²) in [6.45, 7) is 2.08. The third-order valence-corrected chi connectivity index (χ3v) is 1.74. The van der Waals surface area contributed by atoms with E-state index in [-0.39, 0.29) is 0 Å². The summed E-state index contributed by atoms with van der Waals surface area (Å²) in [7, 11) is 1.60. The van der Waals surface area contributed by atoms with Gasteiger partial charge in [0.1, 0.15) is 12.0 Å². The molecule has 0 aliphatic carbocycles. The van der Waals surface area contributed by atoms with Crippen molar-refractivity contribution in [3.05, 3.63) is 24.3 Å². The van der Waals surface area contributed by atoms with Gasteiger partial charge in [-0.05, 0) is 31.2 Å². The fourth-order valence-electron chi connectivity index (χ4n) is 1.00. The first-order valence-electron chi connectivity index (χ1n) is 4.86. The lowest BCUT2D eigenvalue weighted by molar-refractivity contribution is -0.134. The Kier molecular flexibility index (Phi) is 4.85. The van der Waals surface area contributed by atoms with Crippen LogP contribution in [0.1, 0.15) is 6.92 Å². The van der Waals surface area contributed by atoms with Crippen LogP contribution in [0, 0.1) is 0 Å². The largest absolute Gasteiger partial charge is 0.497 e. The summed E-state index contributed by atoms with van der Waals surface area (Å²) in [6.07, 6.45) is 1.09. The average molecular weight is 222 g/mol. The van der Waals surface area contributed by atoms with Gasteiger partial charge in [0.15, 0.2) is 0 Å². The van der Waals surface area contributed by atoms with E-state index in [9.17, 15) is 4.79 Å². The molecule has 1 N–H and O–H groups in total. The van der Waals surface area contributed by atoms with Crippen LogP contribution in [0.15, 0.2) is 29.4 Å². The van der Waals surface area contributed by atoms with Crippen LogP contribution in [0.2, 0.25) is 0 Å². The van der Waals surface area contributed by atoms with E-state index in [1.807, 2.05) is 0 Å². The van der Waals surface area contributed by atoms with E-state index >= 15 is 0 Å². The fraction of sp³-hybridized carbons (Fsp3) is 0.273. The van der Waals surface area contributed by atoms with E-state index in [2.05, 4.69) is 15.3 Å². The third kappa shape index (κ3) is 4.00. The van der Waals surface area contributed by atoms with Gasteiger partial charge in [0.2, 0.25) is 0 Å². The average Bonchev–Trinajstić information content (AvgIpc) is 2.30. The monoisotopic (exact) mass is 222 g/mol. The van der Waals surface area contributed by atoms with Crippen molar-refractivity contribution in [1.82, 2.24) is 0 Å². The zero-order valence-electron chi connectivity index (χ0n) is 9.27. The van der Waals surface area contributed by atoms with E-state index in [1.54, 1.807) is 38.3 Å². The van der Waals surface area contributed by atoms with Crippen LogP contribution >= 0.6 is 0 Å². The molecule has 0 saturated carbocycles. The number of nitrogens with one attached hydrogen (secondary N) is 1. The van der Waals surface area contributed by atoms with E-state index in [4.69, 9.17) is 4.74 Å². The van der Waals surface area contributed by atoms with Gasteiger partial charge < -0.3 is 9.47 Å². The minimum atomic E-state index is -0.469. The molecule has 0 atom stereocenters. The van der Waals surface area contributed by atoms with Gasteiger partial charge >= 0.3 is 5.97 Å². The lowest BCUT2D eigenvalue weighted by atomic mass is 10.3. The number of hydrogen-bond acceptors (Lipinski definition) is 5. The van der Waals surface area contributed by atoms with Crippen molar-refractivity contribution in [2.45, 2.75) is 6.92 Å². The van der Waals surface area contributed by atoms with Crippen LogP contribution in [-0.4, -0.2) is 25.9 Å². The van der Waals surface area contributed by atoms with Gasteiger partial charge in [-0.15, -0.1) is 0 Å². The highest BCUT2D eigenvalue weighted by molar-refractivity contribution is 6.23. The molecule has 0 heterocycles. The number of carbonyl (C=O) groups is 1. The zero-order chi connectivity index (χ0) is 11.8. The van der Waals surface area contributed by atoms with Gasteiger partial charge in [-0.25, -0.2) is 4.79 Å². The van der Waals surface area contributed by atoms with Gasteiger partial charge in [-0.2, -0.15) is 5.10 Å². The Morgan fingerprint density at radius 1 is 1.44 bits per heavy atom. The Morgan fingerprint density at radius 2 is 2.12 bits per heavy atom. The molecular formula is C11H14N2O3. The van der Waals surface area contributed by atoms with Gasteiger partial charge in [0.05, 0.1) is 19.4 Å². The normalized spacial score (nSPS) is 10.1. The van der Waals surface area contributed by atoms with E-state index < -0.39 is 5.97 Å². The Balaban J connectivity index is 2.45. The number of nitrogens with zero attached hydrogens (tertiary/aromatic N) is 1. The number of anilines is 1. The maximum absolute atomic E-state index is 10.9. The van der Waals surface area contributed by atoms with Gasteiger partial charge in [-0.3, -0.25) is 5.43 Å². The number of carbonyl (C=O) groups excluding carboxylic acids is 1. The molecule has 0 fully saturated rings. The summed E-state index contributed by atoms with van der Waals surface area (Å²) in [5.74, 6) is 0.295. The Bertz CT molecular complexity index is 360. The SMILES string of the molecule is CCOC(=O)/C=N/Nc1ccc(OC)cc1. The Labute approximate surface area is 94.1 Å². The summed E-state index contributed by atoms with van der Waals surface area (Å²) in [4.78, 5) is 10.9. The van der Waals surface area contributed by atoms with Crippen molar-refractivity contribution in [1.29, 1.82) is 0 Å². The summed E-state index contributed by atoms with van der Waals surface area (Å²) in [5, 5.41) is 3.73. The maximum atomic E-state index is 10.9. The predicted molar refractivity (Wildman–Crippen MR) is 61.7 cm³/mol. The number of methoxy groups -OCH3 is 1. The van der Waals surface area contributed by atoms with E-state index in [0.29, 0.717) is 6.61 Å². The van der Waals surface area contributed by atoms with Gasteiger partial charge in [-0.1, -0.05) is 0 Å². The topological polar surface area (TPSA) is 59.9 Å². The first-order valence-corrected chi connectivity index (χ1v) is 4.86. The molecule has 0 unspecified atom stereocenters. The predicted octanol–water partition coefficient (Wildman–Crippen LogP) is 1.66. The maximum Gasteiger partial charge on any atom is 0.351 e. The molecule has 1 aromatic carbocycles. The summed E-state index contributed by atoms with van der Waals surface area (Å²) < 4.78 is 9.67. The number of esters is 1. The molecular weight excluding hydrogens is 208 g/mol. The first-order chi connectivity index (χ1) is 7.76. The minimum Gasteiger partial charge on any atom is -0.497 e. The molecule has 16 heavy (non-hydrogen) atoms. The molecule has 5 heteroatoms. The number of hydrazone groups is 1. The quantitative estimate of drug-likeness (QED) is 0.467. The van der Waals surface area contributed by atoms with Crippen molar-refractivity contribution >= 4 is 17.9 Å². The lowest BCUT2D eigenvalue weighted by Gasteiger charge is -2.02. The molecule has 0 bridgehead atoms. The second kappa shape index (κ2) is 6.44. The van der Waals surface area contributed by atoms with Crippen molar-refractivity contribution in [3.8, 4) is 5.75 Å². The van der Waals surface area contributed by atoms with Gasteiger partial charge in [0.25, 0.3) is 0 Å². The molecule has 1 aromatic rings. The van der Waals surface area contributed by atoms with Crippen molar-refractivity contribution < 1.29 is 14.3 Å². The van der Waals surface area contributed by atoms with Crippen molar-refractivity contribution in [2.24, 2.45) is 5.10 Å². The Hall–Kier alpha value is -2.04. The molecule has 0 saturated heterocycles. The number of hydrogen-bond donors (Lipinski definition) is 1. The lowest BCUT2D eigenvalue weighted by Crippen LogP contribution is -2.06. The minimum absolute atomic E-state index is 0.341. The van der Waals surface area contributed by atoms with Crippen LogP contribution in [0.5, 0.6) is 5.75 Å². The second-order valence-electron chi connectivity index (χ2n) is 2.85. The standard InChI is InChI=1S/C11H14N2O3/c1-3-16-11(14)8-12-13-9-4-6-10(15-2)7-5-9/h4-8,13H,3H2,1-2H3/b12-8+. The fourth-order valence-corrected chi connectivity index (χ4v) is 1.00. The molecule has 0 spiro atoms. The van der Waals surface area contributed by atoms with Crippen LogP contribution < -0.4 is 10.2 Å². The van der Waals surface area contributed by atoms with Crippen LogP contribution in [-0.2, 0) is 9.53 Å². The van der Waals surface area contributed by atoms with Crippen LogP contribution in [0.3, 0.4) is 0 Å². The summed E-state index contributed by atoms with van der Waals surface area (Å²) in [5.41, 5.74) is 3.46. The summed E-state index contributed by atoms with van der Waals surface area (Å²) in [6, 6.07) is 7.17. The van der Waals surface area contributed by atoms with Gasteiger partial charge in [0, 0.05) is 0 Å². The zero-order valence-corrected chi connectivity index (χ0v) is 9.27. The highest BCUT2D eigenvalue weighted by atomic mass is 16.5. The molecule has 1 rings (SSSR count). The van der Waals surface area contributed by atoms with Crippen molar-refractivity contribution in [2.75, 3.05) is 19.1 Å². The Morgan fingerprint density at radius 3 is 2.69 bits per heavy atom. The molecule has 0 amide bonds. The number of benzene rings is 1. The van der Waals surface area contributed by atoms with Crippen LogP contribution in [0.25, 0.3) is 0 Å². The van der Waals surface area contributed by atoms with Crippen molar-refractivity contribution in [3.63, 3.8) is 0 Å². The first kappa shape index (κ1) is 12.0. The summed E-state index contributed by atoms with van der Waals surface area (Å²) >= 11 is 0. The third-order valence-electron chi connectivity index (χ3n) is 1.74. The van der Waals surface area contributed by atoms with Crippen LogP contribution in [0.4, 0.5) is 5.69 Å². The highest BCUT2D eigenvalue weighted by Crippen LogP contribution is 2.14. The smallest absolute Gasteiger partial charge is 0.351 e. The molecule has 0 aliphatic rings. The molecule has 0 aliphatic heterocycles. The van der Waals surface area contributed by atoms with E-state index in [0.717, 1.165) is 17.7 Å². The number of rotatable bonds is 5. The molecule has 5 nitrogen and oxygen atoms in total. The second-order valence-corrected chi connectivity index (χ2v) is 2.85. The highest BCUT2D eigenvalue weighted by Gasteiger charge is 1.94. The molecule has 86 valence electrons. The molecule has 0 aromatic heterocycles.